The Labute approximate surface area is 119 Å². The summed E-state index contributed by atoms with van der Waals surface area (Å²) in [4.78, 5) is 0. The van der Waals surface area contributed by atoms with Gasteiger partial charge in [0, 0.05) is 6.20 Å². The zero-order valence-electron chi connectivity index (χ0n) is 11.9. The van der Waals surface area contributed by atoms with Gasteiger partial charge in [0.25, 0.3) is 0 Å². The van der Waals surface area contributed by atoms with Crippen molar-refractivity contribution in [3.05, 3.63) is 47.8 Å². The predicted molar refractivity (Wildman–Crippen MR) is 77.3 cm³/mol. The normalized spacial score (nSPS) is 10.5. The summed E-state index contributed by atoms with van der Waals surface area (Å²) in [6, 6.07) is 11.8. The van der Waals surface area contributed by atoms with E-state index >= 15 is 0 Å². The molecule has 0 saturated carbocycles. The van der Waals surface area contributed by atoms with Crippen LogP contribution in [0, 0.1) is 11.3 Å². The highest BCUT2D eigenvalue weighted by atomic mass is 16.5. The number of benzene rings is 1. The fourth-order valence-electron chi connectivity index (χ4n) is 2.16. The van der Waals surface area contributed by atoms with E-state index in [1.165, 1.54) is 0 Å². The lowest BCUT2D eigenvalue weighted by Crippen LogP contribution is -2.08. The van der Waals surface area contributed by atoms with E-state index in [0.717, 1.165) is 18.5 Å². The van der Waals surface area contributed by atoms with Crippen molar-refractivity contribution in [2.75, 3.05) is 0 Å². The molecule has 4 nitrogen and oxygen atoms in total. The summed E-state index contributed by atoms with van der Waals surface area (Å²) in [5.41, 5.74) is 1.43. The van der Waals surface area contributed by atoms with Gasteiger partial charge in [-0.1, -0.05) is 26.0 Å². The van der Waals surface area contributed by atoms with Gasteiger partial charge in [0.15, 0.2) is 0 Å². The highest BCUT2D eigenvalue weighted by Crippen LogP contribution is 2.19. The molecule has 1 aromatic carbocycles. The predicted octanol–water partition coefficient (Wildman–Crippen LogP) is 3.69. The van der Waals surface area contributed by atoms with Crippen molar-refractivity contribution in [2.45, 2.75) is 39.3 Å². The van der Waals surface area contributed by atoms with E-state index in [1.54, 1.807) is 12.1 Å². The van der Waals surface area contributed by atoms with Gasteiger partial charge < -0.3 is 4.74 Å². The summed E-state index contributed by atoms with van der Waals surface area (Å²) in [5.74, 6) is 0.604. The highest BCUT2D eigenvalue weighted by molar-refractivity contribution is 5.42. The minimum absolute atomic E-state index is 0.381. The molecule has 2 rings (SSSR count). The third kappa shape index (κ3) is 3.18. The Hall–Kier alpha value is -2.28. The van der Waals surface area contributed by atoms with Crippen LogP contribution in [0.25, 0.3) is 0 Å². The molecule has 0 saturated heterocycles. The van der Waals surface area contributed by atoms with Crippen LogP contribution in [0.15, 0.2) is 36.5 Å². The second-order valence-corrected chi connectivity index (χ2v) is 4.65. The lowest BCUT2D eigenvalue weighted by Gasteiger charge is -2.12. The number of para-hydroxylation sites is 1. The molecule has 0 unspecified atom stereocenters. The number of rotatable bonds is 6. The van der Waals surface area contributed by atoms with Crippen molar-refractivity contribution in [2.24, 2.45) is 0 Å². The molecule has 0 bridgehead atoms. The van der Waals surface area contributed by atoms with Crippen molar-refractivity contribution in [3.63, 3.8) is 0 Å². The van der Waals surface area contributed by atoms with Gasteiger partial charge in [0.2, 0.25) is 0 Å². The molecule has 1 aromatic heterocycles. The molecule has 0 fully saturated rings. The average Bonchev–Trinajstić information content (AvgIpc) is 2.95. The van der Waals surface area contributed by atoms with Gasteiger partial charge in [-0.25, -0.2) is 0 Å². The van der Waals surface area contributed by atoms with Crippen LogP contribution in [0.3, 0.4) is 0 Å². The Kier molecular flexibility index (Phi) is 4.78. The summed E-state index contributed by atoms with van der Waals surface area (Å²) in [6.07, 6.45) is 4.12. The van der Waals surface area contributed by atoms with Crippen molar-refractivity contribution < 1.29 is 4.74 Å². The third-order valence-corrected chi connectivity index (χ3v) is 3.36. The molecule has 0 spiro atoms. The number of aromatic nitrogens is 2. The Morgan fingerprint density at radius 3 is 2.70 bits per heavy atom. The standard InChI is InChI=1S/C16H19N3O/c1-3-15(4-2)19-10-9-14(18-19)12-20-16-8-6-5-7-13(16)11-17/h5-10,15H,3-4,12H2,1-2H3. The molecule has 104 valence electrons. The molecular weight excluding hydrogens is 250 g/mol. The van der Waals surface area contributed by atoms with Crippen LogP contribution in [0.4, 0.5) is 0 Å². The van der Waals surface area contributed by atoms with E-state index < -0.39 is 0 Å². The molecule has 20 heavy (non-hydrogen) atoms. The van der Waals surface area contributed by atoms with Gasteiger partial charge in [0.1, 0.15) is 18.4 Å². The average molecular weight is 269 g/mol. The summed E-state index contributed by atoms with van der Waals surface area (Å²) in [7, 11) is 0. The fourth-order valence-corrected chi connectivity index (χ4v) is 2.16. The molecular formula is C16H19N3O. The maximum atomic E-state index is 9.01. The van der Waals surface area contributed by atoms with Gasteiger partial charge in [-0.15, -0.1) is 0 Å². The lowest BCUT2D eigenvalue weighted by atomic mass is 10.2. The Bertz CT molecular complexity index is 594. The van der Waals surface area contributed by atoms with E-state index in [0.29, 0.717) is 24.0 Å². The lowest BCUT2D eigenvalue weighted by molar-refractivity contribution is 0.296. The molecule has 0 atom stereocenters. The van der Waals surface area contributed by atoms with Crippen molar-refractivity contribution >= 4 is 0 Å². The third-order valence-electron chi connectivity index (χ3n) is 3.36. The molecule has 0 aliphatic rings. The molecule has 0 aliphatic carbocycles. The smallest absolute Gasteiger partial charge is 0.137 e. The number of nitrogens with zero attached hydrogens (tertiary/aromatic N) is 3. The topological polar surface area (TPSA) is 50.8 Å². The zero-order valence-corrected chi connectivity index (χ0v) is 11.9. The van der Waals surface area contributed by atoms with Crippen molar-refractivity contribution in [1.82, 2.24) is 9.78 Å². The van der Waals surface area contributed by atoms with Crippen LogP contribution in [0.5, 0.6) is 5.75 Å². The molecule has 0 radical (unpaired) electrons. The van der Waals surface area contributed by atoms with Crippen LogP contribution in [-0.2, 0) is 6.61 Å². The molecule has 2 aromatic rings. The minimum atomic E-state index is 0.381. The first-order valence-electron chi connectivity index (χ1n) is 6.94. The second kappa shape index (κ2) is 6.76. The van der Waals surface area contributed by atoms with E-state index in [4.69, 9.17) is 10.00 Å². The van der Waals surface area contributed by atoms with Gasteiger partial charge in [0.05, 0.1) is 17.3 Å². The quantitative estimate of drug-likeness (QED) is 0.803. The van der Waals surface area contributed by atoms with Gasteiger partial charge in [-0.2, -0.15) is 10.4 Å². The summed E-state index contributed by atoms with van der Waals surface area (Å²) in [6.45, 7) is 4.70. The number of ether oxygens (including phenoxy) is 1. The Morgan fingerprint density at radius 1 is 1.25 bits per heavy atom. The van der Waals surface area contributed by atoms with Crippen LogP contribution in [0.1, 0.15) is 44.0 Å². The first kappa shape index (κ1) is 14.1. The van der Waals surface area contributed by atoms with E-state index in [2.05, 4.69) is 25.0 Å². The number of nitriles is 1. The number of hydrogen-bond acceptors (Lipinski definition) is 3. The summed E-state index contributed by atoms with van der Waals surface area (Å²) >= 11 is 0. The molecule has 0 amide bonds. The van der Waals surface area contributed by atoms with E-state index in [-0.39, 0.29) is 0 Å². The van der Waals surface area contributed by atoms with Gasteiger partial charge in [-0.05, 0) is 31.0 Å². The van der Waals surface area contributed by atoms with Crippen LogP contribution < -0.4 is 4.74 Å². The summed E-state index contributed by atoms with van der Waals surface area (Å²) in [5, 5.41) is 13.5. The van der Waals surface area contributed by atoms with Crippen LogP contribution >= 0.6 is 0 Å². The maximum Gasteiger partial charge on any atom is 0.137 e. The molecule has 0 N–H and O–H groups in total. The minimum Gasteiger partial charge on any atom is -0.486 e. The van der Waals surface area contributed by atoms with Gasteiger partial charge in [-0.3, -0.25) is 4.68 Å². The van der Waals surface area contributed by atoms with Crippen molar-refractivity contribution in [1.29, 1.82) is 5.26 Å². The van der Waals surface area contributed by atoms with E-state index in [9.17, 15) is 0 Å². The first-order chi connectivity index (χ1) is 9.78. The largest absolute Gasteiger partial charge is 0.486 e. The van der Waals surface area contributed by atoms with Crippen molar-refractivity contribution in [3.8, 4) is 11.8 Å². The Morgan fingerprint density at radius 2 is 2.00 bits per heavy atom. The molecule has 4 heteroatoms. The molecule has 0 aliphatic heterocycles. The maximum absolute atomic E-state index is 9.01. The Balaban J connectivity index is 2.03. The highest BCUT2D eigenvalue weighted by Gasteiger charge is 2.09. The zero-order chi connectivity index (χ0) is 14.4. The SMILES string of the molecule is CCC(CC)n1ccc(COc2ccccc2C#N)n1. The first-order valence-corrected chi connectivity index (χ1v) is 6.94. The van der Waals surface area contributed by atoms with E-state index in [1.807, 2.05) is 29.1 Å². The van der Waals surface area contributed by atoms with Crippen LogP contribution in [-0.4, -0.2) is 9.78 Å². The monoisotopic (exact) mass is 269 g/mol. The number of hydrogen-bond donors (Lipinski definition) is 0. The summed E-state index contributed by atoms with van der Waals surface area (Å²) < 4.78 is 7.67. The van der Waals surface area contributed by atoms with Crippen LogP contribution in [0.2, 0.25) is 0 Å². The second-order valence-electron chi connectivity index (χ2n) is 4.65. The van der Waals surface area contributed by atoms with Gasteiger partial charge >= 0.3 is 0 Å². The fraction of sp³-hybridized carbons (Fsp3) is 0.375. The molecule has 1 heterocycles.